The fourth-order valence-electron chi connectivity index (χ4n) is 4.38. The van der Waals surface area contributed by atoms with Gasteiger partial charge in [-0.2, -0.15) is 9.61 Å². The summed E-state index contributed by atoms with van der Waals surface area (Å²) in [6.07, 6.45) is 8.87. The molecule has 5 heterocycles. The minimum absolute atomic E-state index is 0.128. The molecule has 2 aliphatic rings. The van der Waals surface area contributed by atoms with Crippen LogP contribution in [0, 0.1) is 0 Å². The minimum Gasteiger partial charge on any atom is -0.368 e. The van der Waals surface area contributed by atoms with E-state index in [1.165, 1.54) is 0 Å². The molecule has 2 fully saturated rings. The normalized spacial score (nSPS) is 21.5. The summed E-state index contributed by atoms with van der Waals surface area (Å²) in [5.41, 5.74) is 2.84. The number of hydrogen-bond acceptors (Lipinski definition) is 6. The van der Waals surface area contributed by atoms with Crippen LogP contribution in [0.3, 0.4) is 0 Å². The average molecular weight is 485 g/mol. The molecule has 31 heavy (non-hydrogen) atoms. The molecule has 0 radical (unpaired) electrons. The van der Waals surface area contributed by atoms with Gasteiger partial charge >= 0.3 is 0 Å². The van der Waals surface area contributed by atoms with E-state index in [-0.39, 0.29) is 17.9 Å². The first-order chi connectivity index (χ1) is 15.2. The lowest BCUT2D eigenvalue weighted by atomic mass is 9.94. The van der Waals surface area contributed by atoms with Gasteiger partial charge in [-0.25, -0.2) is 4.98 Å². The number of rotatable bonds is 5. The summed E-state index contributed by atoms with van der Waals surface area (Å²) in [4.78, 5) is 23.9. The van der Waals surface area contributed by atoms with Crippen molar-refractivity contribution in [3.63, 3.8) is 0 Å². The standard InChI is InChI=1S/C22H25BrN6O2/c23-17-13-26-29-20(25-12-15-4-1-7-24-11-15)10-18(27-21(17)29)16-5-2-8-28(14-16)22(30)19-6-3-9-31-19/h1,4,7,10-11,13,16,19,25H,2-3,5-6,8-9,12,14H2. The zero-order chi connectivity index (χ0) is 21.2. The van der Waals surface area contributed by atoms with Crippen molar-refractivity contribution in [1.29, 1.82) is 0 Å². The first-order valence-corrected chi connectivity index (χ1v) is 11.6. The number of aromatic nitrogens is 4. The van der Waals surface area contributed by atoms with Gasteiger partial charge in [0.1, 0.15) is 11.9 Å². The number of anilines is 1. The van der Waals surface area contributed by atoms with Gasteiger partial charge in [-0.3, -0.25) is 9.78 Å². The quantitative estimate of drug-likeness (QED) is 0.597. The van der Waals surface area contributed by atoms with Gasteiger partial charge in [0, 0.05) is 50.6 Å². The SMILES string of the molecule is O=C(C1CCCO1)N1CCCC(c2cc(NCc3cccnc3)n3ncc(Br)c3n2)C1. The predicted octanol–water partition coefficient (Wildman–Crippen LogP) is 3.38. The highest BCUT2D eigenvalue weighted by atomic mass is 79.9. The summed E-state index contributed by atoms with van der Waals surface area (Å²) in [6, 6.07) is 6.03. The summed E-state index contributed by atoms with van der Waals surface area (Å²) < 4.78 is 8.28. The van der Waals surface area contributed by atoms with Crippen molar-refractivity contribution in [1.82, 2.24) is 24.5 Å². The number of amides is 1. The van der Waals surface area contributed by atoms with Gasteiger partial charge < -0.3 is 15.0 Å². The van der Waals surface area contributed by atoms with E-state index < -0.39 is 0 Å². The third-order valence-corrected chi connectivity index (χ3v) is 6.56. The molecule has 2 saturated heterocycles. The molecule has 3 aromatic heterocycles. The maximum absolute atomic E-state index is 12.9. The van der Waals surface area contributed by atoms with Crippen molar-refractivity contribution in [2.24, 2.45) is 0 Å². The predicted molar refractivity (Wildman–Crippen MR) is 120 cm³/mol. The first kappa shape index (κ1) is 20.4. The molecule has 0 aliphatic carbocycles. The Balaban J connectivity index is 1.39. The van der Waals surface area contributed by atoms with Crippen molar-refractivity contribution in [2.45, 2.75) is 44.2 Å². The molecule has 9 heteroatoms. The van der Waals surface area contributed by atoms with Crippen LogP contribution in [-0.2, 0) is 16.1 Å². The van der Waals surface area contributed by atoms with Crippen LogP contribution < -0.4 is 5.32 Å². The van der Waals surface area contributed by atoms with E-state index in [9.17, 15) is 4.79 Å². The summed E-state index contributed by atoms with van der Waals surface area (Å²) in [6.45, 7) is 2.79. The van der Waals surface area contributed by atoms with Crippen LogP contribution in [0.2, 0.25) is 0 Å². The van der Waals surface area contributed by atoms with E-state index in [1.54, 1.807) is 12.4 Å². The Hall–Kier alpha value is -2.52. The van der Waals surface area contributed by atoms with Crippen LogP contribution in [-0.4, -0.2) is 56.2 Å². The first-order valence-electron chi connectivity index (χ1n) is 10.8. The van der Waals surface area contributed by atoms with E-state index in [4.69, 9.17) is 9.72 Å². The number of carbonyl (C=O) groups excluding carboxylic acids is 1. The van der Waals surface area contributed by atoms with Crippen LogP contribution in [0.1, 0.15) is 42.9 Å². The number of nitrogens with one attached hydrogen (secondary N) is 1. The summed E-state index contributed by atoms with van der Waals surface area (Å²) in [7, 11) is 0. The fourth-order valence-corrected chi connectivity index (χ4v) is 4.73. The second-order valence-corrected chi connectivity index (χ2v) is 8.99. The monoisotopic (exact) mass is 484 g/mol. The van der Waals surface area contributed by atoms with Crippen molar-refractivity contribution in [3.05, 3.63) is 52.5 Å². The van der Waals surface area contributed by atoms with Gasteiger partial charge in [-0.05, 0) is 53.2 Å². The number of halogens is 1. The molecular weight excluding hydrogens is 460 g/mol. The second-order valence-electron chi connectivity index (χ2n) is 8.13. The van der Waals surface area contributed by atoms with Gasteiger partial charge in [-0.1, -0.05) is 6.07 Å². The lowest BCUT2D eigenvalue weighted by molar-refractivity contribution is -0.142. The van der Waals surface area contributed by atoms with E-state index in [2.05, 4.69) is 37.4 Å². The van der Waals surface area contributed by atoms with Gasteiger partial charge in [0.2, 0.25) is 0 Å². The van der Waals surface area contributed by atoms with Crippen molar-refractivity contribution in [3.8, 4) is 0 Å². The Morgan fingerprint density at radius 2 is 2.23 bits per heavy atom. The van der Waals surface area contributed by atoms with E-state index in [1.807, 2.05) is 27.7 Å². The fraction of sp³-hybridized carbons (Fsp3) is 0.455. The summed E-state index contributed by atoms with van der Waals surface area (Å²) >= 11 is 3.57. The van der Waals surface area contributed by atoms with Crippen LogP contribution in [0.15, 0.2) is 41.3 Å². The van der Waals surface area contributed by atoms with Gasteiger partial charge in [0.15, 0.2) is 5.65 Å². The van der Waals surface area contributed by atoms with E-state index in [0.717, 1.165) is 59.4 Å². The van der Waals surface area contributed by atoms with Crippen LogP contribution in [0.4, 0.5) is 5.82 Å². The molecular formula is C22H25BrN6O2. The topological polar surface area (TPSA) is 84.7 Å². The summed E-state index contributed by atoms with van der Waals surface area (Å²) in [5.74, 6) is 1.19. The van der Waals surface area contributed by atoms with Crippen LogP contribution >= 0.6 is 15.9 Å². The van der Waals surface area contributed by atoms with Gasteiger partial charge in [0.25, 0.3) is 5.91 Å². The Morgan fingerprint density at radius 3 is 3.03 bits per heavy atom. The van der Waals surface area contributed by atoms with E-state index >= 15 is 0 Å². The number of hydrogen-bond donors (Lipinski definition) is 1. The smallest absolute Gasteiger partial charge is 0.251 e. The number of nitrogens with zero attached hydrogens (tertiary/aromatic N) is 5. The molecule has 3 aromatic rings. The van der Waals surface area contributed by atoms with Crippen molar-refractivity contribution < 1.29 is 9.53 Å². The molecule has 2 aliphatic heterocycles. The molecule has 0 aromatic carbocycles. The highest BCUT2D eigenvalue weighted by Gasteiger charge is 2.32. The molecule has 0 spiro atoms. The molecule has 1 amide bonds. The molecule has 1 N–H and O–H groups in total. The van der Waals surface area contributed by atoms with Crippen LogP contribution in [0.5, 0.6) is 0 Å². The van der Waals surface area contributed by atoms with Gasteiger partial charge in [-0.15, -0.1) is 0 Å². The Bertz CT molecular complexity index is 1070. The molecule has 0 saturated carbocycles. The highest BCUT2D eigenvalue weighted by molar-refractivity contribution is 9.10. The highest BCUT2D eigenvalue weighted by Crippen LogP contribution is 2.30. The molecule has 5 rings (SSSR count). The number of ether oxygens (including phenoxy) is 1. The third-order valence-electron chi connectivity index (χ3n) is 6.00. The summed E-state index contributed by atoms with van der Waals surface area (Å²) in [5, 5.41) is 7.93. The Morgan fingerprint density at radius 1 is 1.29 bits per heavy atom. The lowest BCUT2D eigenvalue weighted by Gasteiger charge is -2.34. The Labute approximate surface area is 189 Å². The number of carbonyl (C=O) groups is 1. The van der Waals surface area contributed by atoms with Crippen LogP contribution in [0.25, 0.3) is 5.65 Å². The van der Waals surface area contributed by atoms with Crippen molar-refractivity contribution in [2.75, 3.05) is 25.0 Å². The number of piperidine rings is 1. The van der Waals surface area contributed by atoms with Crippen molar-refractivity contribution >= 4 is 33.3 Å². The maximum Gasteiger partial charge on any atom is 0.251 e. The molecule has 162 valence electrons. The maximum atomic E-state index is 12.9. The van der Waals surface area contributed by atoms with Gasteiger partial charge in [0.05, 0.1) is 16.4 Å². The molecule has 0 bridgehead atoms. The molecule has 2 atom stereocenters. The number of fused-ring (bicyclic) bond motifs is 1. The zero-order valence-electron chi connectivity index (χ0n) is 17.2. The van der Waals surface area contributed by atoms with E-state index in [0.29, 0.717) is 19.7 Å². The third kappa shape index (κ3) is 4.29. The number of likely N-dealkylation sites (tertiary alicyclic amines) is 1. The second kappa shape index (κ2) is 8.92. The number of pyridine rings is 1. The minimum atomic E-state index is -0.269. The Kier molecular flexibility index (Phi) is 5.87. The lowest BCUT2D eigenvalue weighted by Crippen LogP contribution is -2.44. The molecule has 2 unspecified atom stereocenters. The largest absolute Gasteiger partial charge is 0.368 e. The molecule has 8 nitrogen and oxygen atoms in total. The average Bonchev–Trinajstić information content (AvgIpc) is 3.48. The zero-order valence-corrected chi connectivity index (χ0v) is 18.8.